The maximum Gasteiger partial charge on any atom is 0.337 e. The van der Waals surface area contributed by atoms with Crippen molar-refractivity contribution in [2.24, 2.45) is 0 Å². The minimum absolute atomic E-state index is 0.142. The molecule has 21 heavy (non-hydrogen) atoms. The zero-order valence-corrected chi connectivity index (χ0v) is 11.8. The van der Waals surface area contributed by atoms with E-state index in [1.54, 1.807) is 31.4 Å². The van der Waals surface area contributed by atoms with E-state index in [9.17, 15) is 4.79 Å². The molecule has 1 aromatic heterocycles. The number of ether oxygens (including phenoxy) is 3. The molecule has 1 aromatic carbocycles. The monoisotopic (exact) mass is 292 g/mol. The van der Waals surface area contributed by atoms with Gasteiger partial charge in [0.05, 0.1) is 13.7 Å². The molecule has 0 fully saturated rings. The lowest BCUT2D eigenvalue weighted by Gasteiger charge is -2.06. The third-order valence-electron chi connectivity index (χ3n) is 2.43. The molecule has 0 aliphatic heterocycles. The number of carbonyl (C=O) groups excluding carboxylic acids is 1. The van der Waals surface area contributed by atoms with Crippen LogP contribution in [0.25, 0.3) is 0 Å². The molecular formula is C13H16N4O4. The maximum atomic E-state index is 11.7. The molecule has 0 aliphatic rings. The zero-order valence-electron chi connectivity index (χ0n) is 11.8. The van der Waals surface area contributed by atoms with Crippen LogP contribution in [0.3, 0.4) is 0 Å². The van der Waals surface area contributed by atoms with E-state index in [1.807, 2.05) is 6.92 Å². The topological polar surface area (TPSA) is 98.4 Å². The Labute approximate surface area is 121 Å². The lowest BCUT2D eigenvalue weighted by molar-refractivity contribution is -0.118. The fourth-order valence-electron chi connectivity index (χ4n) is 1.48. The Morgan fingerprint density at radius 1 is 1.24 bits per heavy atom. The molecule has 0 saturated carbocycles. The average molecular weight is 292 g/mol. The van der Waals surface area contributed by atoms with Crippen LogP contribution < -0.4 is 19.5 Å². The number of H-pyrrole nitrogens is 1. The molecule has 0 bridgehead atoms. The Kier molecular flexibility index (Phi) is 4.97. The van der Waals surface area contributed by atoms with Gasteiger partial charge in [0.1, 0.15) is 11.5 Å². The number of rotatable bonds is 7. The number of anilines is 1. The highest BCUT2D eigenvalue weighted by Crippen LogP contribution is 2.16. The molecule has 0 radical (unpaired) electrons. The quantitative estimate of drug-likeness (QED) is 0.796. The van der Waals surface area contributed by atoms with Crippen LogP contribution in [0.4, 0.5) is 5.95 Å². The second-order valence-corrected chi connectivity index (χ2v) is 3.91. The summed E-state index contributed by atoms with van der Waals surface area (Å²) >= 11 is 0. The lowest BCUT2D eigenvalue weighted by Crippen LogP contribution is -2.20. The summed E-state index contributed by atoms with van der Waals surface area (Å²) in [6, 6.07) is 7.11. The number of carbonyl (C=O) groups is 1. The standard InChI is InChI=1S/C13H16N4O4/c1-3-20-13-15-12(16-17-13)14-11(18)8-21-10-6-4-9(19-2)5-7-10/h4-7H,3,8H2,1-2H3,(H2,14,15,16,17,18). The van der Waals surface area contributed by atoms with Crippen LogP contribution in [0.5, 0.6) is 17.5 Å². The number of aromatic amines is 1. The number of aromatic nitrogens is 3. The van der Waals surface area contributed by atoms with E-state index >= 15 is 0 Å². The molecular weight excluding hydrogens is 276 g/mol. The van der Waals surface area contributed by atoms with Gasteiger partial charge in [-0.2, -0.15) is 4.98 Å². The number of hydrogen-bond donors (Lipinski definition) is 2. The molecule has 2 aromatic rings. The zero-order chi connectivity index (χ0) is 15.1. The molecule has 2 rings (SSSR count). The number of methoxy groups -OCH3 is 1. The van der Waals surface area contributed by atoms with Gasteiger partial charge >= 0.3 is 6.01 Å². The second kappa shape index (κ2) is 7.13. The summed E-state index contributed by atoms with van der Waals surface area (Å²) < 4.78 is 15.4. The van der Waals surface area contributed by atoms with Gasteiger partial charge in [-0.25, -0.2) is 5.10 Å². The van der Waals surface area contributed by atoms with Crippen molar-refractivity contribution in [3.8, 4) is 17.5 Å². The van der Waals surface area contributed by atoms with Crippen molar-refractivity contribution in [3.63, 3.8) is 0 Å². The van der Waals surface area contributed by atoms with Crippen LogP contribution >= 0.6 is 0 Å². The lowest BCUT2D eigenvalue weighted by atomic mass is 10.3. The van der Waals surface area contributed by atoms with Crippen molar-refractivity contribution in [3.05, 3.63) is 24.3 Å². The first-order valence-electron chi connectivity index (χ1n) is 6.33. The predicted octanol–water partition coefficient (Wildman–Crippen LogP) is 1.23. The van der Waals surface area contributed by atoms with Crippen LogP contribution in [-0.2, 0) is 4.79 Å². The number of benzene rings is 1. The Hall–Kier alpha value is -2.77. The van der Waals surface area contributed by atoms with Gasteiger partial charge < -0.3 is 14.2 Å². The Bertz CT molecular complexity index is 582. The average Bonchev–Trinajstić information content (AvgIpc) is 2.93. The van der Waals surface area contributed by atoms with Crippen molar-refractivity contribution in [1.29, 1.82) is 0 Å². The Balaban J connectivity index is 1.80. The number of amides is 1. The fourth-order valence-corrected chi connectivity index (χ4v) is 1.48. The molecule has 0 atom stereocenters. The molecule has 8 nitrogen and oxygen atoms in total. The summed E-state index contributed by atoms with van der Waals surface area (Å²) in [7, 11) is 1.58. The van der Waals surface area contributed by atoms with E-state index in [2.05, 4.69) is 20.5 Å². The molecule has 0 unspecified atom stereocenters. The third-order valence-corrected chi connectivity index (χ3v) is 2.43. The van der Waals surface area contributed by atoms with E-state index in [0.29, 0.717) is 12.4 Å². The van der Waals surface area contributed by atoms with Crippen molar-refractivity contribution >= 4 is 11.9 Å². The van der Waals surface area contributed by atoms with E-state index in [1.165, 1.54) is 0 Å². The summed E-state index contributed by atoms with van der Waals surface area (Å²) in [5, 5.41) is 8.83. The summed E-state index contributed by atoms with van der Waals surface area (Å²) in [4.78, 5) is 15.6. The fraction of sp³-hybridized carbons (Fsp3) is 0.308. The SMILES string of the molecule is CCOc1n[nH]c(NC(=O)COc2ccc(OC)cc2)n1. The predicted molar refractivity (Wildman–Crippen MR) is 74.7 cm³/mol. The van der Waals surface area contributed by atoms with Gasteiger partial charge in [-0.1, -0.05) is 0 Å². The van der Waals surface area contributed by atoms with Gasteiger partial charge in [-0.3, -0.25) is 10.1 Å². The molecule has 8 heteroatoms. The van der Waals surface area contributed by atoms with Crippen LogP contribution in [0.1, 0.15) is 6.92 Å². The van der Waals surface area contributed by atoms with Gasteiger partial charge in [0, 0.05) is 0 Å². The maximum absolute atomic E-state index is 11.7. The van der Waals surface area contributed by atoms with Crippen molar-refractivity contribution < 1.29 is 19.0 Å². The van der Waals surface area contributed by atoms with E-state index in [-0.39, 0.29) is 24.5 Å². The summed E-state index contributed by atoms with van der Waals surface area (Å²) in [5.74, 6) is 1.14. The van der Waals surface area contributed by atoms with Gasteiger partial charge in [-0.15, -0.1) is 5.10 Å². The van der Waals surface area contributed by atoms with E-state index in [0.717, 1.165) is 5.75 Å². The molecule has 2 N–H and O–H groups in total. The van der Waals surface area contributed by atoms with Crippen molar-refractivity contribution in [1.82, 2.24) is 15.2 Å². The largest absolute Gasteiger partial charge is 0.497 e. The smallest absolute Gasteiger partial charge is 0.337 e. The molecule has 0 aliphatic carbocycles. The van der Waals surface area contributed by atoms with Crippen LogP contribution in [0.2, 0.25) is 0 Å². The number of hydrogen-bond acceptors (Lipinski definition) is 6. The summed E-state index contributed by atoms with van der Waals surface area (Å²) in [6.45, 7) is 2.13. The Morgan fingerprint density at radius 3 is 2.62 bits per heavy atom. The van der Waals surface area contributed by atoms with E-state index in [4.69, 9.17) is 14.2 Å². The van der Waals surface area contributed by atoms with Crippen LogP contribution in [0.15, 0.2) is 24.3 Å². The summed E-state index contributed by atoms with van der Waals surface area (Å²) in [5.41, 5.74) is 0. The highest BCUT2D eigenvalue weighted by Gasteiger charge is 2.08. The number of nitrogens with zero attached hydrogens (tertiary/aromatic N) is 2. The van der Waals surface area contributed by atoms with Crippen molar-refractivity contribution in [2.75, 3.05) is 25.6 Å². The molecule has 1 heterocycles. The normalized spacial score (nSPS) is 10.0. The van der Waals surface area contributed by atoms with Crippen LogP contribution in [-0.4, -0.2) is 41.4 Å². The van der Waals surface area contributed by atoms with Crippen molar-refractivity contribution in [2.45, 2.75) is 6.92 Å². The second-order valence-electron chi connectivity index (χ2n) is 3.91. The molecule has 0 saturated heterocycles. The van der Waals surface area contributed by atoms with Gasteiger partial charge in [0.25, 0.3) is 5.91 Å². The highest BCUT2D eigenvalue weighted by molar-refractivity contribution is 5.90. The summed E-state index contributed by atoms with van der Waals surface area (Å²) in [6.07, 6.45) is 0. The van der Waals surface area contributed by atoms with Gasteiger partial charge in [0.2, 0.25) is 5.95 Å². The first kappa shape index (κ1) is 14.6. The van der Waals surface area contributed by atoms with Crippen LogP contribution in [0, 0.1) is 0 Å². The minimum atomic E-state index is -0.356. The van der Waals surface area contributed by atoms with Gasteiger partial charge in [0.15, 0.2) is 6.61 Å². The van der Waals surface area contributed by atoms with E-state index < -0.39 is 0 Å². The van der Waals surface area contributed by atoms with Gasteiger partial charge in [-0.05, 0) is 31.2 Å². The third kappa shape index (κ3) is 4.37. The minimum Gasteiger partial charge on any atom is -0.497 e. The first-order valence-corrected chi connectivity index (χ1v) is 6.33. The molecule has 1 amide bonds. The highest BCUT2D eigenvalue weighted by atomic mass is 16.5. The Morgan fingerprint density at radius 2 is 1.95 bits per heavy atom. The number of nitrogens with one attached hydrogen (secondary N) is 2. The molecule has 112 valence electrons. The molecule has 0 spiro atoms. The first-order chi connectivity index (χ1) is 10.2.